The van der Waals surface area contributed by atoms with Gasteiger partial charge in [0.15, 0.2) is 11.5 Å². The molecule has 4 nitrogen and oxygen atoms in total. The van der Waals surface area contributed by atoms with Gasteiger partial charge in [-0.05, 0) is 49.3 Å². The van der Waals surface area contributed by atoms with Gasteiger partial charge in [-0.1, -0.05) is 19.9 Å². The molecular formula is C19H31NO3. The number of ether oxygens (including phenoxy) is 3. The third-order valence-corrected chi connectivity index (χ3v) is 4.64. The highest BCUT2D eigenvalue weighted by atomic mass is 16.5. The number of benzene rings is 1. The fourth-order valence-electron chi connectivity index (χ4n) is 3.40. The lowest BCUT2D eigenvalue weighted by Gasteiger charge is -2.24. The lowest BCUT2D eigenvalue weighted by molar-refractivity contribution is 0.0535. The fraction of sp³-hybridized carbons (Fsp3) is 0.684. The molecule has 0 amide bonds. The van der Waals surface area contributed by atoms with Crippen LogP contribution in [-0.4, -0.2) is 39.5 Å². The molecular weight excluding hydrogens is 290 g/mol. The summed E-state index contributed by atoms with van der Waals surface area (Å²) in [6.07, 6.45) is 2.54. The molecule has 1 aromatic rings. The van der Waals surface area contributed by atoms with E-state index in [1.54, 1.807) is 14.2 Å². The average molecular weight is 321 g/mol. The average Bonchev–Trinajstić information content (AvgIpc) is 3.01. The Hall–Kier alpha value is -1.26. The van der Waals surface area contributed by atoms with Crippen LogP contribution < -0.4 is 14.8 Å². The Kier molecular flexibility index (Phi) is 6.72. The second kappa shape index (κ2) is 8.55. The van der Waals surface area contributed by atoms with E-state index in [4.69, 9.17) is 14.2 Å². The fourth-order valence-corrected chi connectivity index (χ4v) is 3.40. The van der Waals surface area contributed by atoms with Crippen LogP contribution in [0.3, 0.4) is 0 Å². The minimum absolute atomic E-state index is 0.399. The minimum Gasteiger partial charge on any atom is -0.493 e. The predicted octanol–water partition coefficient (Wildman–Crippen LogP) is 3.29. The van der Waals surface area contributed by atoms with Crippen LogP contribution in [0.1, 0.15) is 32.8 Å². The van der Waals surface area contributed by atoms with E-state index < -0.39 is 0 Å². The van der Waals surface area contributed by atoms with Crippen LogP contribution in [-0.2, 0) is 11.2 Å². The van der Waals surface area contributed by atoms with Gasteiger partial charge in [0.1, 0.15) is 0 Å². The smallest absolute Gasteiger partial charge is 0.160 e. The lowest BCUT2D eigenvalue weighted by atomic mass is 9.92. The molecule has 0 saturated carbocycles. The van der Waals surface area contributed by atoms with E-state index in [1.807, 2.05) is 6.07 Å². The van der Waals surface area contributed by atoms with Crippen molar-refractivity contribution >= 4 is 0 Å². The summed E-state index contributed by atoms with van der Waals surface area (Å²) in [7, 11) is 3.34. The Morgan fingerprint density at radius 3 is 2.57 bits per heavy atom. The van der Waals surface area contributed by atoms with Crippen molar-refractivity contribution in [1.29, 1.82) is 0 Å². The molecule has 1 fully saturated rings. The Morgan fingerprint density at radius 2 is 1.91 bits per heavy atom. The first-order chi connectivity index (χ1) is 11.0. The molecule has 1 saturated heterocycles. The van der Waals surface area contributed by atoms with Crippen LogP contribution in [0.2, 0.25) is 0 Å². The van der Waals surface area contributed by atoms with Gasteiger partial charge < -0.3 is 19.5 Å². The van der Waals surface area contributed by atoms with Gasteiger partial charge >= 0.3 is 0 Å². The molecule has 1 N–H and O–H groups in total. The molecule has 1 heterocycles. The molecule has 130 valence electrons. The summed E-state index contributed by atoms with van der Waals surface area (Å²) >= 11 is 0. The van der Waals surface area contributed by atoms with Crippen molar-refractivity contribution in [3.63, 3.8) is 0 Å². The third-order valence-electron chi connectivity index (χ3n) is 4.64. The highest BCUT2D eigenvalue weighted by Gasteiger charge is 2.30. The van der Waals surface area contributed by atoms with Crippen LogP contribution in [0.5, 0.6) is 11.5 Å². The van der Waals surface area contributed by atoms with Crippen molar-refractivity contribution in [2.24, 2.45) is 11.8 Å². The predicted molar refractivity (Wildman–Crippen MR) is 93.4 cm³/mol. The van der Waals surface area contributed by atoms with Gasteiger partial charge in [0.05, 0.1) is 20.3 Å². The van der Waals surface area contributed by atoms with Crippen LogP contribution in [0.4, 0.5) is 0 Å². The normalized spacial score (nSPS) is 22.3. The SMILES string of the molecule is COc1ccc(C[C@@H](C)NC[C@H]2CCO[C@@H]2C(C)C)cc1OC. The Labute approximate surface area is 140 Å². The summed E-state index contributed by atoms with van der Waals surface area (Å²) in [5.74, 6) is 2.79. The van der Waals surface area contributed by atoms with Crippen LogP contribution >= 0.6 is 0 Å². The summed E-state index contributed by atoms with van der Waals surface area (Å²) in [6.45, 7) is 8.65. The van der Waals surface area contributed by atoms with Gasteiger partial charge in [0, 0.05) is 19.2 Å². The molecule has 1 aliphatic heterocycles. The van der Waals surface area contributed by atoms with Gasteiger partial charge in [-0.15, -0.1) is 0 Å². The summed E-state index contributed by atoms with van der Waals surface area (Å²) in [5.41, 5.74) is 1.26. The van der Waals surface area contributed by atoms with E-state index in [2.05, 4.69) is 38.2 Å². The third kappa shape index (κ3) is 4.85. The molecule has 1 aromatic carbocycles. The van der Waals surface area contributed by atoms with E-state index >= 15 is 0 Å². The molecule has 0 radical (unpaired) electrons. The first-order valence-corrected chi connectivity index (χ1v) is 8.61. The quantitative estimate of drug-likeness (QED) is 0.797. The molecule has 0 spiro atoms. The van der Waals surface area contributed by atoms with Gasteiger partial charge in [0.2, 0.25) is 0 Å². The van der Waals surface area contributed by atoms with Crippen LogP contribution in [0.25, 0.3) is 0 Å². The second-order valence-electron chi connectivity index (χ2n) is 6.83. The Morgan fingerprint density at radius 1 is 1.17 bits per heavy atom. The van der Waals surface area contributed by atoms with Crippen molar-refractivity contribution in [3.8, 4) is 11.5 Å². The summed E-state index contributed by atoms with van der Waals surface area (Å²) in [4.78, 5) is 0. The molecule has 0 aliphatic carbocycles. The summed E-state index contributed by atoms with van der Waals surface area (Å²) in [5, 5.41) is 3.67. The first-order valence-electron chi connectivity index (χ1n) is 8.61. The molecule has 23 heavy (non-hydrogen) atoms. The molecule has 2 rings (SSSR count). The Balaban J connectivity index is 1.86. The van der Waals surface area contributed by atoms with Crippen molar-refractivity contribution in [2.45, 2.75) is 45.8 Å². The van der Waals surface area contributed by atoms with Gasteiger partial charge in [0.25, 0.3) is 0 Å². The van der Waals surface area contributed by atoms with E-state index in [9.17, 15) is 0 Å². The number of nitrogens with one attached hydrogen (secondary N) is 1. The monoisotopic (exact) mass is 321 g/mol. The van der Waals surface area contributed by atoms with E-state index in [-0.39, 0.29) is 0 Å². The molecule has 1 aliphatic rings. The highest BCUT2D eigenvalue weighted by molar-refractivity contribution is 5.43. The standard InChI is InChI=1S/C19H31NO3/c1-13(2)19-16(8-9-23-19)12-20-14(3)10-15-6-7-17(21-4)18(11-15)22-5/h6-7,11,13-14,16,19-20H,8-10,12H2,1-5H3/t14-,16-,19-/m1/s1. The minimum atomic E-state index is 0.399. The first kappa shape index (κ1) is 18.1. The molecule has 0 unspecified atom stereocenters. The second-order valence-corrected chi connectivity index (χ2v) is 6.83. The Bertz CT molecular complexity index is 490. The molecule has 0 aromatic heterocycles. The van der Waals surface area contributed by atoms with Gasteiger partial charge in [-0.3, -0.25) is 0 Å². The topological polar surface area (TPSA) is 39.7 Å². The van der Waals surface area contributed by atoms with E-state index in [0.717, 1.165) is 31.1 Å². The summed E-state index contributed by atoms with van der Waals surface area (Å²) < 4.78 is 16.5. The van der Waals surface area contributed by atoms with Gasteiger partial charge in [-0.25, -0.2) is 0 Å². The van der Waals surface area contributed by atoms with Crippen molar-refractivity contribution in [2.75, 3.05) is 27.4 Å². The lowest BCUT2D eigenvalue weighted by Crippen LogP contribution is -2.37. The van der Waals surface area contributed by atoms with E-state index in [0.29, 0.717) is 24.0 Å². The molecule has 0 bridgehead atoms. The van der Waals surface area contributed by atoms with Crippen molar-refractivity contribution in [3.05, 3.63) is 23.8 Å². The zero-order valence-electron chi connectivity index (χ0n) is 15.1. The van der Waals surface area contributed by atoms with Gasteiger partial charge in [-0.2, -0.15) is 0 Å². The maximum atomic E-state index is 5.86. The van der Waals surface area contributed by atoms with Crippen molar-refractivity contribution < 1.29 is 14.2 Å². The van der Waals surface area contributed by atoms with Crippen LogP contribution in [0.15, 0.2) is 18.2 Å². The highest BCUT2D eigenvalue weighted by Crippen LogP contribution is 2.28. The maximum absolute atomic E-state index is 5.86. The largest absolute Gasteiger partial charge is 0.493 e. The summed E-state index contributed by atoms with van der Waals surface area (Å²) in [6, 6.07) is 6.56. The molecule has 4 heteroatoms. The number of hydrogen-bond acceptors (Lipinski definition) is 4. The van der Waals surface area contributed by atoms with E-state index in [1.165, 1.54) is 12.0 Å². The van der Waals surface area contributed by atoms with Crippen LogP contribution in [0, 0.1) is 11.8 Å². The number of rotatable bonds is 8. The van der Waals surface area contributed by atoms with Crippen molar-refractivity contribution in [1.82, 2.24) is 5.32 Å². The zero-order chi connectivity index (χ0) is 16.8. The molecule has 3 atom stereocenters. The number of methoxy groups -OCH3 is 2. The number of hydrogen-bond donors (Lipinski definition) is 1. The zero-order valence-corrected chi connectivity index (χ0v) is 15.1. The maximum Gasteiger partial charge on any atom is 0.160 e.